The van der Waals surface area contributed by atoms with Gasteiger partial charge in [-0.15, -0.1) is 36.3 Å². The van der Waals surface area contributed by atoms with Gasteiger partial charge in [-0.2, -0.15) is 0 Å². The first-order valence-electron chi connectivity index (χ1n) is 7.23. The predicted octanol–water partition coefficient (Wildman–Crippen LogP) is 4.06. The molecule has 0 radical (unpaired) electrons. The van der Waals surface area contributed by atoms with Crippen molar-refractivity contribution >= 4 is 40.7 Å². The number of rotatable bonds is 8. The Hall–Kier alpha value is -2.20. The fourth-order valence-corrected chi connectivity index (χ4v) is 3.42. The van der Waals surface area contributed by atoms with Gasteiger partial charge in [0.15, 0.2) is 6.61 Å². The Labute approximate surface area is 155 Å². The molecule has 140 valence electrons. The van der Waals surface area contributed by atoms with E-state index in [2.05, 4.69) is 10.1 Å². The molecule has 0 bridgehead atoms. The minimum Gasteiger partial charge on any atom is -0.455 e. The number of anilines is 1. The van der Waals surface area contributed by atoms with Crippen LogP contribution in [0.2, 0.25) is 0 Å². The van der Waals surface area contributed by atoms with Crippen molar-refractivity contribution in [2.75, 3.05) is 17.7 Å². The first-order chi connectivity index (χ1) is 12.3. The summed E-state index contributed by atoms with van der Waals surface area (Å²) in [6.07, 6.45) is -4.78. The molecule has 1 N–H and O–H groups in total. The summed E-state index contributed by atoms with van der Waals surface area (Å²) in [6.45, 7) is -0.473. The Morgan fingerprint density at radius 1 is 1.15 bits per heavy atom. The number of alkyl halides is 3. The van der Waals surface area contributed by atoms with Crippen molar-refractivity contribution in [2.24, 2.45) is 0 Å². The van der Waals surface area contributed by atoms with Gasteiger partial charge >= 0.3 is 12.3 Å². The summed E-state index contributed by atoms with van der Waals surface area (Å²) in [5.41, 5.74) is 0.257. The highest BCUT2D eigenvalue weighted by atomic mass is 32.2. The lowest BCUT2D eigenvalue weighted by Gasteiger charge is -2.10. The largest absolute Gasteiger partial charge is 0.573 e. The van der Waals surface area contributed by atoms with Crippen molar-refractivity contribution in [1.29, 1.82) is 0 Å². The van der Waals surface area contributed by atoms with Crippen LogP contribution < -0.4 is 10.1 Å². The van der Waals surface area contributed by atoms with Gasteiger partial charge in [-0.25, -0.2) is 0 Å². The smallest absolute Gasteiger partial charge is 0.455 e. The maximum atomic E-state index is 12.1. The minimum atomic E-state index is -4.78. The number of amides is 1. The summed E-state index contributed by atoms with van der Waals surface area (Å²) >= 11 is 2.97. The molecule has 2 aromatic rings. The standard InChI is InChI=1S/C16H14F3NO4S2/c17-16(18,19)24-12-5-3-11(4-6-12)20-14(21)8-23-15(22)10-25-9-13-2-1-7-26-13/h1-7H,8-10H2,(H,20,21). The van der Waals surface area contributed by atoms with Gasteiger partial charge in [-0.05, 0) is 35.7 Å². The molecule has 0 aliphatic heterocycles. The number of thiophene rings is 1. The van der Waals surface area contributed by atoms with Crippen molar-refractivity contribution in [1.82, 2.24) is 0 Å². The molecule has 0 aliphatic rings. The number of thioether (sulfide) groups is 1. The van der Waals surface area contributed by atoms with E-state index in [1.165, 1.54) is 23.9 Å². The summed E-state index contributed by atoms with van der Waals surface area (Å²) < 4.78 is 44.7. The third kappa shape index (κ3) is 7.79. The normalized spacial score (nSPS) is 11.0. The highest BCUT2D eigenvalue weighted by molar-refractivity contribution is 7.99. The zero-order valence-electron chi connectivity index (χ0n) is 13.2. The number of hydrogen-bond acceptors (Lipinski definition) is 6. The van der Waals surface area contributed by atoms with E-state index in [9.17, 15) is 22.8 Å². The van der Waals surface area contributed by atoms with Crippen LogP contribution in [0.5, 0.6) is 5.75 Å². The van der Waals surface area contributed by atoms with Gasteiger partial charge in [0.25, 0.3) is 5.91 Å². The molecule has 1 heterocycles. The molecule has 10 heteroatoms. The van der Waals surface area contributed by atoms with Crippen LogP contribution >= 0.6 is 23.1 Å². The number of carbonyl (C=O) groups is 2. The van der Waals surface area contributed by atoms with E-state index in [1.54, 1.807) is 11.3 Å². The van der Waals surface area contributed by atoms with E-state index >= 15 is 0 Å². The third-order valence-electron chi connectivity index (χ3n) is 2.78. The van der Waals surface area contributed by atoms with E-state index in [0.717, 1.165) is 17.0 Å². The van der Waals surface area contributed by atoms with Crippen LogP contribution in [-0.2, 0) is 20.1 Å². The van der Waals surface area contributed by atoms with Gasteiger partial charge in [0.1, 0.15) is 5.75 Å². The average molecular weight is 405 g/mol. The van der Waals surface area contributed by atoms with Crippen molar-refractivity contribution in [2.45, 2.75) is 12.1 Å². The summed E-state index contributed by atoms with van der Waals surface area (Å²) in [4.78, 5) is 24.4. The summed E-state index contributed by atoms with van der Waals surface area (Å²) in [5.74, 6) is -0.702. The second kappa shape index (κ2) is 9.48. The molecule has 0 fully saturated rings. The monoisotopic (exact) mass is 405 g/mol. The van der Waals surface area contributed by atoms with Crippen LogP contribution in [0.1, 0.15) is 4.88 Å². The molecule has 0 unspecified atom stereocenters. The molecule has 5 nitrogen and oxygen atoms in total. The van der Waals surface area contributed by atoms with Crippen LogP contribution in [0.3, 0.4) is 0 Å². The molecule has 1 amide bonds. The molecule has 26 heavy (non-hydrogen) atoms. The number of ether oxygens (including phenoxy) is 2. The van der Waals surface area contributed by atoms with Crippen molar-refractivity contribution in [3.63, 3.8) is 0 Å². The lowest BCUT2D eigenvalue weighted by Crippen LogP contribution is -2.21. The lowest BCUT2D eigenvalue weighted by atomic mass is 10.3. The van der Waals surface area contributed by atoms with E-state index in [0.29, 0.717) is 5.75 Å². The van der Waals surface area contributed by atoms with E-state index < -0.39 is 30.6 Å². The third-order valence-corrected chi connectivity index (χ3v) is 4.79. The summed E-state index contributed by atoms with van der Waals surface area (Å²) in [5, 5.41) is 4.35. The second-order valence-electron chi connectivity index (χ2n) is 4.85. The lowest BCUT2D eigenvalue weighted by molar-refractivity contribution is -0.274. The fraction of sp³-hybridized carbons (Fsp3) is 0.250. The zero-order chi connectivity index (χ0) is 19.0. The Morgan fingerprint density at radius 3 is 2.50 bits per heavy atom. The van der Waals surface area contributed by atoms with Crippen molar-refractivity contribution in [3.8, 4) is 5.75 Å². The Kier molecular flexibility index (Phi) is 7.34. The summed E-state index contributed by atoms with van der Waals surface area (Å²) in [6, 6.07) is 8.51. The van der Waals surface area contributed by atoms with Gasteiger partial charge in [-0.3, -0.25) is 9.59 Å². The van der Waals surface area contributed by atoms with Gasteiger partial charge in [0.05, 0.1) is 5.75 Å². The molecule has 0 atom stereocenters. The molecule has 1 aromatic carbocycles. The molecule has 2 rings (SSSR count). The fourth-order valence-electron chi connectivity index (χ4n) is 1.75. The van der Waals surface area contributed by atoms with Gasteiger partial charge < -0.3 is 14.8 Å². The van der Waals surface area contributed by atoms with Crippen LogP contribution in [0.25, 0.3) is 0 Å². The van der Waals surface area contributed by atoms with Crippen LogP contribution in [0.15, 0.2) is 41.8 Å². The van der Waals surface area contributed by atoms with E-state index in [1.807, 2.05) is 17.5 Å². The van der Waals surface area contributed by atoms with Crippen molar-refractivity contribution < 1.29 is 32.2 Å². The topological polar surface area (TPSA) is 64.6 Å². The Morgan fingerprint density at radius 2 is 1.88 bits per heavy atom. The van der Waals surface area contributed by atoms with E-state index in [4.69, 9.17) is 4.74 Å². The molecule has 0 aliphatic carbocycles. The first-order valence-corrected chi connectivity index (χ1v) is 9.27. The number of nitrogens with one attached hydrogen (secondary N) is 1. The maximum absolute atomic E-state index is 12.1. The number of carbonyl (C=O) groups excluding carboxylic acids is 2. The number of hydrogen-bond donors (Lipinski definition) is 1. The van der Waals surface area contributed by atoms with Crippen LogP contribution in [0, 0.1) is 0 Å². The van der Waals surface area contributed by atoms with Crippen LogP contribution in [-0.4, -0.2) is 30.6 Å². The molecule has 0 saturated heterocycles. The molecule has 1 aromatic heterocycles. The molecule has 0 spiro atoms. The highest BCUT2D eigenvalue weighted by Crippen LogP contribution is 2.24. The zero-order valence-corrected chi connectivity index (χ0v) is 14.9. The Balaban J connectivity index is 1.67. The SMILES string of the molecule is O=C(COC(=O)CSCc1cccs1)Nc1ccc(OC(F)(F)F)cc1. The number of esters is 1. The molecular weight excluding hydrogens is 391 g/mol. The predicted molar refractivity (Wildman–Crippen MR) is 93.2 cm³/mol. The average Bonchev–Trinajstić information content (AvgIpc) is 3.07. The minimum absolute atomic E-state index is 0.120. The van der Waals surface area contributed by atoms with Gasteiger partial charge in [0, 0.05) is 16.3 Å². The number of benzene rings is 1. The quantitative estimate of drug-likeness (QED) is 0.671. The highest BCUT2D eigenvalue weighted by Gasteiger charge is 2.30. The van der Waals surface area contributed by atoms with Gasteiger partial charge in [-0.1, -0.05) is 6.07 Å². The van der Waals surface area contributed by atoms with E-state index in [-0.39, 0.29) is 11.4 Å². The first kappa shape index (κ1) is 20.1. The van der Waals surface area contributed by atoms with Crippen molar-refractivity contribution in [3.05, 3.63) is 46.7 Å². The summed E-state index contributed by atoms with van der Waals surface area (Å²) in [7, 11) is 0. The van der Waals surface area contributed by atoms with Crippen LogP contribution in [0.4, 0.5) is 18.9 Å². The molecule has 0 saturated carbocycles. The maximum Gasteiger partial charge on any atom is 0.573 e. The Bertz CT molecular complexity index is 718. The second-order valence-corrected chi connectivity index (χ2v) is 6.87. The van der Waals surface area contributed by atoms with Gasteiger partial charge in [0.2, 0.25) is 0 Å². The molecular formula is C16H14F3NO4S2. The number of halogens is 3.